The van der Waals surface area contributed by atoms with Crippen LogP contribution in [0.1, 0.15) is 11.3 Å². The molecule has 0 bridgehead atoms. The second kappa shape index (κ2) is 20.7. The number of nitriles is 1. The normalized spacial score (nSPS) is 11.8. The van der Waals surface area contributed by atoms with E-state index in [1.165, 1.54) is 0 Å². The van der Waals surface area contributed by atoms with Crippen molar-refractivity contribution in [3.8, 4) is 84.6 Å². The molecule has 0 radical (unpaired) electrons. The lowest BCUT2D eigenvalue weighted by molar-refractivity contribution is 1.02. The van der Waals surface area contributed by atoms with E-state index >= 15 is 0 Å². The first-order valence-corrected chi connectivity index (χ1v) is 31.0. The van der Waals surface area contributed by atoms with Gasteiger partial charge in [0.05, 0.1) is 78.1 Å². The van der Waals surface area contributed by atoms with Gasteiger partial charge in [0, 0.05) is 54.3 Å². The predicted octanol–water partition coefficient (Wildman–Crippen LogP) is 22.0. The Bertz CT molecular complexity index is 6020. The molecule has 0 N–H and O–H groups in total. The predicted molar refractivity (Wildman–Crippen MR) is 378 cm³/mol. The quantitative estimate of drug-likeness (QED) is 0.145. The Morgan fingerprint density at radius 3 is 0.868 bits per heavy atom. The molecule has 0 aliphatic heterocycles. The van der Waals surface area contributed by atoms with Crippen molar-refractivity contribution in [3.63, 3.8) is 0 Å². The second-order valence-electron chi connectivity index (χ2n) is 23.7. The minimum atomic E-state index is 0.479. The molecule has 0 unspecified atom stereocenters. The van der Waals surface area contributed by atoms with Crippen molar-refractivity contribution in [2.24, 2.45) is 0 Å². The van der Waals surface area contributed by atoms with Gasteiger partial charge in [-0.2, -0.15) is 5.26 Å². The van der Waals surface area contributed by atoms with Gasteiger partial charge in [0.1, 0.15) is 6.07 Å². The van der Waals surface area contributed by atoms with Gasteiger partial charge >= 0.3 is 0 Å². The van der Waals surface area contributed by atoms with Crippen LogP contribution in [-0.4, -0.2) is 23.3 Å². The van der Waals surface area contributed by atoms with Gasteiger partial charge in [-0.05, 0) is 136 Å². The number of aryl methyl sites for hydroxylation is 1. The summed E-state index contributed by atoms with van der Waals surface area (Å²) in [6.45, 7) is 2.05. The van der Waals surface area contributed by atoms with Crippen LogP contribution >= 0.6 is 0 Å². The van der Waals surface area contributed by atoms with E-state index in [9.17, 15) is 5.26 Å². The fourth-order valence-corrected chi connectivity index (χ4v) is 14.7. The van der Waals surface area contributed by atoms with Crippen molar-refractivity contribution in [3.05, 3.63) is 321 Å². The van der Waals surface area contributed by atoms with Crippen LogP contribution in [0.2, 0.25) is 0 Å². The van der Waals surface area contributed by atoms with Gasteiger partial charge in [0.15, 0.2) is 0 Å². The third-order valence-corrected chi connectivity index (χ3v) is 18.7. The maximum atomic E-state index is 13.1. The third-order valence-electron chi connectivity index (χ3n) is 18.7. The zero-order valence-electron chi connectivity index (χ0n) is 49.6. The zero-order chi connectivity index (χ0) is 60.3. The second-order valence-corrected chi connectivity index (χ2v) is 23.7. The topological polar surface area (TPSA) is 56.4 Å². The van der Waals surface area contributed by atoms with E-state index in [4.69, 9.17) is 4.98 Å². The number of aromatic nitrogens is 5. The fourth-order valence-electron chi connectivity index (χ4n) is 14.7. The lowest BCUT2D eigenvalue weighted by Gasteiger charge is -2.29. The summed E-state index contributed by atoms with van der Waals surface area (Å²) in [6, 6.07) is 115. The lowest BCUT2D eigenvalue weighted by atomic mass is 9.94. The summed E-state index contributed by atoms with van der Waals surface area (Å²) in [7, 11) is 0. The molecule has 0 fully saturated rings. The number of hydrogen-bond acceptors (Lipinski definition) is 2. The number of hydrogen-bond donors (Lipinski definition) is 0. The first-order valence-electron chi connectivity index (χ1n) is 31.0. The molecule has 18 aromatic rings. The van der Waals surface area contributed by atoms with Crippen molar-refractivity contribution in [2.75, 3.05) is 0 Å². The van der Waals surface area contributed by atoms with Crippen LogP contribution in [0.4, 0.5) is 0 Å². The Morgan fingerprint density at radius 2 is 0.538 bits per heavy atom. The van der Waals surface area contributed by atoms with Crippen LogP contribution in [0.5, 0.6) is 0 Å². The molecule has 18 rings (SSSR count). The molecule has 0 aliphatic rings. The average molecular weight is 1160 g/mol. The monoisotopic (exact) mass is 1160 g/mol. The van der Waals surface area contributed by atoms with Crippen molar-refractivity contribution in [1.29, 1.82) is 5.26 Å². The Kier molecular flexibility index (Phi) is 11.8. The molecule has 424 valence electrons. The summed E-state index contributed by atoms with van der Waals surface area (Å²) in [5, 5.41) is 21.8. The molecular formula is C85H54N6. The van der Waals surface area contributed by atoms with Crippen LogP contribution in [0.25, 0.3) is 166 Å². The van der Waals surface area contributed by atoms with Crippen LogP contribution < -0.4 is 0 Å². The number of pyridine rings is 1. The van der Waals surface area contributed by atoms with E-state index in [-0.39, 0.29) is 0 Å². The standard InChI is InChI=1S/C85H54N6/c1-54-23-22-36-72(87-54)81-71(53-86)82(88-73-37-18-14-32-63(73)67-49-59(41-45-77(67)88)55-24-6-2-7-25-55)84(90-75-39-20-16-34-65(75)69-51-61(43-47-79(69)90)57-28-10-4-11-29-57)85(91-76-40-21-17-35-66(76)70-52-62(44-48-80(70)91)58-30-12-5-13-31-58)83(81)89-74-38-19-15-33-64(74)68-50-60(42-46-78(68)89)56-26-8-3-9-27-56/h2-52H,1H3. The van der Waals surface area contributed by atoms with Crippen molar-refractivity contribution in [2.45, 2.75) is 6.92 Å². The SMILES string of the molecule is Cc1cccc(-c2c(C#N)c(-n3c4ccccc4c4cc(-c5ccccc5)ccc43)c(-n3c4ccccc4c4cc(-c5ccccc5)ccc43)c(-n3c4ccccc4c4cc(-c5ccccc5)ccc43)c2-n2c3ccccc3c3cc(-c4ccccc4)ccc32)n1. The zero-order valence-corrected chi connectivity index (χ0v) is 49.6. The highest BCUT2D eigenvalue weighted by Gasteiger charge is 2.36. The highest BCUT2D eigenvalue weighted by molar-refractivity contribution is 6.18. The highest BCUT2D eigenvalue weighted by Crippen LogP contribution is 2.52. The molecule has 0 spiro atoms. The number of nitrogens with zero attached hydrogens (tertiary/aromatic N) is 6. The van der Waals surface area contributed by atoms with Crippen LogP contribution in [0, 0.1) is 18.3 Å². The first-order chi connectivity index (χ1) is 45.1. The van der Waals surface area contributed by atoms with Gasteiger partial charge in [0.25, 0.3) is 0 Å². The van der Waals surface area contributed by atoms with Crippen molar-refractivity contribution < 1.29 is 0 Å². The fraction of sp³-hybridized carbons (Fsp3) is 0.0118. The lowest BCUT2D eigenvalue weighted by Crippen LogP contribution is -2.17. The van der Waals surface area contributed by atoms with Gasteiger partial charge in [-0.1, -0.05) is 224 Å². The summed E-state index contributed by atoms with van der Waals surface area (Å²) < 4.78 is 9.87. The Hall–Kier alpha value is -12.3. The van der Waals surface area contributed by atoms with Crippen LogP contribution in [0.15, 0.2) is 309 Å². The average Bonchev–Trinajstić information content (AvgIpc) is 1.62. The molecule has 6 nitrogen and oxygen atoms in total. The third kappa shape index (κ3) is 8.01. The molecule has 0 saturated heterocycles. The van der Waals surface area contributed by atoms with Crippen LogP contribution in [-0.2, 0) is 0 Å². The smallest absolute Gasteiger partial charge is 0.102 e. The van der Waals surface area contributed by atoms with E-state index in [1.807, 2.05) is 13.0 Å². The van der Waals surface area contributed by atoms with Gasteiger partial charge in [-0.15, -0.1) is 0 Å². The minimum Gasteiger partial charge on any atom is -0.306 e. The maximum Gasteiger partial charge on any atom is 0.102 e. The minimum absolute atomic E-state index is 0.479. The van der Waals surface area contributed by atoms with E-state index in [0.717, 1.165) is 160 Å². The van der Waals surface area contributed by atoms with Crippen LogP contribution in [0.3, 0.4) is 0 Å². The Morgan fingerprint density at radius 1 is 0.253 bits per heavy atom. The molecule has 0 amide bonds. The summed E-state index contributed by atoms with van der Waals surface area (Å²) in [5.74, 6) is 0. The highest BCUT2D eigenvalue weighted by atomic mass is 15.1. The molecule has 5 heterocycles. The first kappa shape index (κ1) is 51.9. The number of fused-ring (bicyclic) bond motifs is 12. The van der Waals surface area contributed by atoms with E-state index in [1.54, 1.807) is 0 Å². The van der Waals surface area contributed by atoms with E-state index in [0.29, 0.717) is 16.8 Å². The van der Waals surface area contributed by atoms with Crippen molar-refractivity contribution in [1.82, 2.24) is 23.3 Å². The number of benzene rings is 13. The molecule has 0 aliphatic carbocycles. The van der Waals surface area contributed by atoms with Crippen molar-refractivity contribution >= 4 is 87.2 Å². The summed E-state index contributed by atoms with van der Waals surface area (Å²) in [6.07, 6.45) is 0. The molecule has 5 aromatic heterocycles. The molecular weight excluding hydrogens is 1100 g/mol. The Labute approximate surface area is 524 Å². The summed E-state index contributed by atoms with van der Waals surface area (Å²) in [4.78, 5) is 5.56. The van der Waals surface area contributed by atoms with Gasteiger partial charge in [-0.25, -0.2) is 0 Å². The van der Waals surface area contributed by atoms with E-state index < -0.39 is 0 Å². The largest absolute Gasteiger partial charge is 0.306 e. The molecule has 13 aromatic carbocycles. The molecule has 0 atom stereocenters. The number of para-hydroxylation sites is 4. The Balaban J connectivity index is 1.13. The maximum absolute atomic E-state index is 13.1. The van der Waals surface area contributed by atoms with Gasteiger partial charge < -0.3 is 18.3 Å². The summed E-state index contributed by atoms with van der Waals surface area (Å²) in [5.41, 5.74) is 22.9. The number of rotatable bonds is 9. The molecule has 6 heteroatoms. The molecule has 91 heavy (non-hydrogen) atoms. The summed E-state index contributed by atoms with van der Waals surface area (Å²) >= 11 is 0. The van der Waals surface area contributed by atoms with E-state index in [2.05, 4.69) is 328 Å². The van der Waals surface area contributed by atoms with Gasteiger partial charge in [-0.3, -0.25) is 4.98 Å². The van der Waals surface area contributed by atoms with Gasteiger partial charge in [0.2, 0.25) is 0 Å². The molecule has 0 saturated carbocycles.